The third-order valence-electron chi connectivity index (χ3n) is 3.68. The normalized spacial score (nSPS) is 15.8. The summed E-state index contributed by atoms with van der Waals surface area (Å²) in [6.07, 6.45) is -1.19. The lowest BCUT2D eigenvalue weighted by Gasteiger charge is -2.26. The summed E-state index contributed by atoms with van der Waals surface area (Å²) in [6.45, 7) is 7.00. The summed E-state index contributed by atoms with van der Waals surface area (Å²) in [5.41, 5.74) is 0. The van der Waals surface area contributed by atoms with Gasteiger partial charge < -0.3 is 30.2 Å². The fourth-order valence-electron chi connectivity index (χ4n) is 2.70. The minimum atomic E-state index is -0.672. The summed E-state index contributed by atoms with van der Waals surface area (Å²) in [4.78, 5) is 27.3. The molecule has 0 aromatic heterocycles. The third kappa shape index (κ3) is 12.2. The van der Waals surface area contributed by atoms with Crippen LogP contribution >= 0.6 is 0 Å². The average Bonchev–Trinajstić information content (AvgIpc) is 2.47. The van der Waals surface area contributed by atoms with E-state index in [0.717, 1.165) is 0 Å². The largest absolute Gasteiger partial charge is 0.392 e. The summed E-state index contributed by atoms with van der Waals surface area (Å²) in [5.74, 6) is -0.326. The van der Waals surface area contributed by atoms with E-state index in [1.54, 1.807) is 27.7 Å². The fourth-order valence-corrected chi connectivity index (χ4v) is 2.70. The van der Waals surface area contributed by atoms with E-state index < -0.39 is 24.4 Å². The standard InChI is InChI=1S/C18H36N2O6/c1-13(21)9-19(10-14(2)22)17(25)7-5-6-8-18(26)20(11-15(3)23)12-16(4)24/h13-16,21-24H,5-12H2,1-4H3/t13-,14-,15-,16-/m0/s1. The van der Waals surface area contributed by atoms with Crippen LogP contribution in [-0.2, 0) is 9.59 Å². The molecule has 0 aliphatic rings. The van der Waals surface area contributed by atoms with Gasteiger partial charge >= 0.3 is 0 Å². The van der Waals surface area contributed by atoms with Crippen molar-refractivity contribution in [3.8, 4) is 0 Å². The molecular weight excluding hydrogens is 340 g/mol. The summed E-state index contributed by atoms with van der Waals surface area (Å²) in [5, 5.41) is 37.9. The Hall–Kier alpha value is -1.22. The van der Waals surface area contributed by atoms with Crippen molar-refractivity contribution < 1.29 is 30.0 Å². The third-order valence-corrected chi connectivity index (χ3v) is 3.68. The van der Waals surface area contributed by atoms with Gasteiger partial charge in [-0.1, -0.05) is 0 Å². The van der Waals surface area contributed by atoms with Gasteiger partial charge in [0.05, 0.1) is 24.4 Å². The number of hydrogen-bond acceptors (Lipinski definition) is 6. The molecule has 0 aliphatic carbocycles. The molecule has 0 unspecified atom stereocenters. The van der Waals surface area contributed by atoms with Crippen molar-refractivity contribution >= 4 is 11.8 Å². The van der Waals surface area contributed by atoms with Crippen LogP contribution in [-0.4, -0.2) is 92.6 Å². The van der Waals surface area contributed by atoms with Crippen molar-refractivity contribution in [2.45, 2.75) is 77.8 Å². The molecule has 2 amide bonds. The maximum atomic E-state index is 12.2. The molecule has 0 saturated heterocycles. The van der Waals surface area contributed by atoms with E-state index in [2.05, 4.69) is 0 Å². The van der Waals surface area contributed by atoms with Crippen molar-refractivity contribution in [1.82, 2.24) is 9.80 Å². The molecule has 154 valence electrons. The number of unbranched alkanes of at least 4 members (excludes halogenated alkanes) is 1. The van der Waals surface area contributed by atoms with E-state index in [4.69, 9.17) is 0 Å². The first-order chi connectivity index (χ1) is 12.0. The zero-order chi connectivity index (χ0) is 20.3. The molecular formula is C18H36N2O6. The van der Waals surface area contributed by atoms with Gasteiger partial charge in [0.1, 0.15) is 0 Å². The molecule has 0 radical (unpaired) electrons. The van der Waals surface area contributed by atoms with Crippen LogP contribution in [0.3, 0.4) is 0 Å². The van der Waals surface area contributed by atoms with Crippen LogP contribution in [0.2, 0.25) is 0 Å². The zero-order valence-corrected chi connectivity index (χ0v) is 16.5. The number of carbonyl (C=O) groups is 2. The summed E-state index contributed by atoms with van der Waals surface area (Å²) < 4.78 is 0. The van der Waals surface area contributed by atoms with E-state index in [0.29, 0.717) is 12.8 Å². The number of carbonyl (C=O) groups excluding carboxylic acids is 2. The minimum Gasteiger partial charge on any atom is -0.392 e. The van der Waals surface area contributed by atoms with Crippen LogP contribution in [0.5, 0.6) is 0 Å². The van der Waals surface area contributed by atoms with E-state index >= 15 is 0 Å². The molecule has 0 spiro atoms. The van der Waals surface area contributed by atoms with Gasteiger partial charge in [0, 0.05) is 39.0 Å². The molecule has 0 saturated carbocycles. The second-order valence-electron chi connectivity index (χ2n) is 7.20. The lowest BCUT2D eigenvalue weighted by atomic mass is 10.1. The molecule has 0 fully saturated rings. The molecule has 26 heavy (non-hydrogen) atoms. The van der Waals surface area contributed by atoms with Crippen molar-refractivity contribution in [1.29, 1.82) is 0 Å². The molecule has 4 atom stereocenters. The SMILES string of the molecule is C[C@H](O)CN(C[C@H](C)O)C(=O)CCCCC(=O)N(C[C@H](C)O)C[C@H](C)O. The van der Waals surface area contributed by atoms with Crippen LogP contribution in [0.25, 0.3) is 0 Å². The van der Waals surface area contributed by atoms with Crippen LogP contribution in [0, 0.1) is 0 Å². The Balaban J connectivity index is 4.38. The second kappa shape index (κ2) is 13.0. The highest BCUT2D eigenvalue weighted by Gasteiger charge is 2.19. The highest BCUT2D eigenvalue weighted by Crippen LogP contribution is 2.08. The maximum absolute atomic E-state index is 12.2. The average molecular weight is 376 g/mol. The zero-order valence-electron chi connectivity index (χ0n) is 16.5. The van der Waals surface area contributed by atoms with Gasteiger partial charge in [0.15, 0.2) is 0 Å². The van der Waals surface area contributed by atoms with E-state index in [1.807, 2.05) is 0 Å². The fraction of sp³-hybridized carbons (Fsp3) is 0.889. The van der Waals surface area contributed by atoms with Gasteiger partial charge in [-0.2, -0.15) is 0 Å². The smallest absolute Gasteiger partial charge is 0.222 e. The molecule has 0 aliphatic heterocycles. The number of hydrogen-bond donors (Lipinski definition) is 4. The highest BCUT2D eigenvalue weighted by atomic mass is 16.3. The van der Waals surface area contributed by atoms with Crippen LogP contribution in [0.4, 0.5) is 0 Å². The topological polar surface area (TPSA) is 122 Å². The van der Waals surface area contributed by atoms with E-state index in [9.17, 15) is 30.0 Å². The molecule has 0 rings (SSSR count). The number of amides is 2. The monoisotopic (exact) mass is 376 g/mol. The van der Waals surface area contributed by atoms with Crippen molar-refractivity contribution in [3.63, 3.8) is 0 Å². The lowest BCUT2D eigenvalue weighted by molar-refractivity contribution is -0.135. The number of nitrogens with zero attached hydrogens (tertiary/aromatic N) is 2. The molecule has 4 N–H and O–H groups in total. The molecule has 0 bridgehead atoms. The van der Waals surface area contributed by atoms with Gasteiger partial charge in [0.2, 0.25) is 11.8 Å². The Morgan fingerprint density at radius 2 is 0.846 bits per heavy atom. The van der Waals surface area contributed by atoms with Crippen LogP contribution in [0.1, 0.15) is 53.4 Å². The predicted octanol–water partition coefficient (Wildman–Crippen LogP) is -0.273. The van der Waals surface area contributed by atoms with E-state index in [1.165, 1.54) is 9.80 Å². The number of aliphatic hydroxyl groups excluding tert-OH is 4. The summed E-state index contributed by atoms with van der Waals surface area (Å²) in [6, 6.07) is 0. The lowest BCUT2D eigenvalue weighted by Crippen LogP contribution is -2.41. The quantitative estimate of drug-likeness (QED) is 0.328. The minimum absolute atomic E-state index is 0.163. The molecule has 8 heteroatoms. The number of aliphatic hydroxyl groups is 4. The Labute approximate surface area is 156 Å². The Morgan fingerprint density at radius 1 is 0.615 bits per heavy atom. The first-order valence-corrected chi connectivity index (χ1v) is 9.30. The van der Waals surface area contributed by atoms with Gasteiger partial charge in [-0.25, -0.2) is 0 Å². The second-order valence-corrected chi connectivity index (χ2v) is 7.20. The summed E-state index contributed by atoms with van der Waals surface area (Å²) >= 11 is 0. The van der Waals surface area contributed by atoms with Gasteiger partial charge in [-0.15, -0.1) is 0 Å². The molecule has 8 nitrogen and oxygen atoms in total. The summed E-state index contributed by atoms with van der Waals surface area (Å²) in [7, 11) is 0. The number of rotatable bonds is 13. The van der Waals surface area contributed by atoms with Crippen molar-refractivity contribution in [3.05, 3.63) is 0 Å². The highest BCUT2D eigenvalue weighted by molar-refractivity contribution is 5.77. The Kier molecular flexibility index (Phi) is 12.4. The van der Waals surface area contributed by atoms with E-state index in [-0.39, 0.29) is 50.8 Å². The maximum Gasteiger partial charge on any atom is 0.222 e. The van der Waals surface area contributed by atoms with Crippen molar-refractivity contribution in [2.75, 3.05) is 26.2 Å². The Bertz CT molecular complexity index is 354. The van der Waals surface area contributed by atoms with Gasteiger partial charge in [0.25, 0.3) is 0 Å². The van der Waals surface area contributed by atoms with Crippen LogP contribution < -0.4 is 0 Å². The predicted molar refractivity (Wildman–Crippen MR) is 98.4 cm³/mol. The van der Waals surface area contributed by atoms with Crippen LogP contribution in [0.15, 0.2) is 0 Å². The first kappa shape index (κ1) is 24.8. The van der Waals surface area contributed by atoms with Crippen molar-refractivity contribution in [2.24, 2.45) is 0 Å². The molecule has 0 aromatic rings. The van der Waals surface area contributed by atoms with Gasteiger partial charge in [-0.05, 0) is 40.5 Å². The Morgan fingerprint density at radius 3 is 1.04 bits per heavy atom. The first-order valence-electron chi connectivity index (χ1n) is 9.30. The molecule has 0 aromatic carbocycles. The van der Waals surface area contributed by atoms with Gasteiger partial charge in [-0.3, -0.25) is 9.59 Å². The molecule has 0 heterocycles.